The van der Waals surface area contributed by atoms with E-state index in [-0.39, 0.29) is 39.4 Å². The number of halogens is 3. The number of fused-ring (bicyclic) bond motifs is 1. The molecule has 0 spiro atoms. The average Bonchev–Trinajstić information content (AvgIpc) is 2.96. The maximum Gasteiger partial charge on any atom is 0.308 e. The molecule has 0 unspecified atom stereocenters. The smallest absolute Gasteiger partial charge is 0.308 e. The van der Waals surface area contributed by atoms with E-state index in [1.54, 1.807) is 6.92 Å². The van der Waals surface area contributed by atoms with E-state index >= 15 is 4.39 Å². The Bertz CT molecular complexity index is 1180. The maximum atomic E-state index is 15.2. The van der Waals surface area contributed by atoms with Crippen molar-refractivity contribution >= 4 is 22.8 Å². The number of hydrogen-bond acceptors (Lipinski definition) is 4. The summed E-state index contributed by atoms with van der Waals surface area (Å²) in [6.07, 6.45) is 0.589. The van der Waals surface area contributed by atoms with Crippen molar-refractivity contribution in [3.63, 3.8) is 0 Å². The highest BCUT2D eigenvalue weighted by Crippen LogP contribution is 2.42. The van der Waals surface area contributed by atoms with Gasteiger partial charge in [-0.25, -0.2) is 13.2 Å². The zero-order valence-corrected chi connectivity index (χ0v) is 16.8. The largest absolute Gasteiger partial charge is 0.505 e. The zero-order valence-electron chi connectivity index (χ0n) is 16.8. The SMILES string of the molecule is CC[C@@H](C)c1cc2c(c(F)c1O)c(OC(C)=O)c(C)n2C(=O)c1ccc(F)c(F)c1. The Morgan fingerprint density at radius 1 is 1.17 bits per heavy atom. The third-order valence-electron chi connectivity index (χ3n) is 5.14. The number of benzene rings is 2. The third kappa shape index (κ3) is 3.42. The molecule has 0 aliphatic rings. The lowest BCUT2D eigenvalue weighted by molar-refractivity contribution is -0.131. The van der Waals surface area contributed by atoms with Gasteiger partial charge in [-0.3, -0.25) is 14.2 Å². The van der Waals surface area contributed by atoms with Crippen LogP contribution in [0, 0.1) is 24.4 Å². The Morgan fingerprint density at radius 3 is 2.40 bits per heavy atom. The highest BCUT2D eigenvalue weighted by molar-refractivity contribution is 6.06. The van der Waals surface area contributed by atoms with Crippen LogP contribution in [0.25, 0.3) is 10.9 Å². The number of aromatic hydroxyl groups is 1. The van der Waals surface area contributed by atoms with Gasteiger partial charge in [0.15, 0.2) is 29.0 Å². The molecule has 0 aliphatic heterocycles. The predicted molar refractivity (Wildman–Crippen MR) is 104 cm³/mol. The second-order valence-electron chi connectivity index (χ2n) is 7.11. The van der Waals surface area contributed by atoms with Crippen LogP contribution in [0.15, 0.2) is 24.3 Å². The van der Waals surface area contributed by atoms with Gasteiger partial charge < -0.3 is 9.84 Å². The van der Waals surface area contributed by atoms with Gasteiger partial charge in [-0.15, -0.1) is 0 Å². The minimum absolute atomic E-state index is 0.0454. The van der Waals surface area contributed by atoms with Crippen LogP contribution in [0.5, 0.6) is 11.5 Å². The van der Waals surface area contributed by atoms with E-state index in [0.717, 1.165) is 29.7 Å². The minimum atomic E-state index is -1.21. The standard InChI is InChI=1S/C22H20F3NO4/c1-5-10(2)14-9-17-18(19(25)20(14)28)21(30-12(4)27)11(3)26(17)22(29)13-6-7-15(23)16(24)8-13/h6-10,28H,5H2,1-4H3/t10-/m1/s1. The summed E-state index contributed by atoms with van der Waals surface area (Å²) < 4.78 is 48.3. The van der Waals surface area contributed by atoms with Crippen LogP contribution in [0.2, 0.25) is 0 Å². The van der Waals surface area contributed by atoms with Crippen LogP contribution in [0.4, 0.5) is 13.2 Å². The molecule has 30 heavy (non-hydrogen) atoms. The molecule has 2 aromatic carbocycles. The van der Waals surface area contributed by atoms with E-state index in [4.69, 9.17) is 4.74 Å². The maximum absolute atomic E-state index is 15.2. The number of esters is 1. The van der Waals surface area contributed by atoms with E-state index in [0.29, 0.717) is 6.42 Å². The molecule has 0 radical (unpaired) electrons. The van der Waals surface area contributed by atoms with Gasteiger partial charge in [0.05, 0.1) is 16.6 Å². The molecule has 158 valence electrons. The van der Waals surface area contributed by atoms with Crippen LogP contribution in [-0.4, -0.2) is 21.6 Å². The highest BCUT2D eigenvalue weighted by Gasteiger charge is 2.28. The molecule has 0 fully saturated rings. The normalized spacial score (nSPS) is 12.2. The number of hydrogen-bond donors (Lipinski definition) is 1. The van der Waals surface area contributed by atoms with Gasteiger partial charge in [0.2, 0.25) is 0 Å². The molecule has 1 heterocycles. The molecule has 0 saturated heterocycles. The third-order valence-corrected chi connectivity index (χ3v) is 5.14. The number of ether oxygens (including phenoxy) is 1. The van der Waals surface area contributed by atoms with Crippen LogP contribution < -0.4 is 4.74 Å². The first-order valence-corrected chi connectivity index (χ1v) is 9.32. The van der Waals surface area contributed by atoms with Crippen molar-refractivity contribution in [2.24, 2.45) is 0 Å². The van der Waals surface area contributed by atoms with Gasteiger partial charge in [0.25, 0.3) is 5.91 Å². The summed E-state index contributed by atoms with van der Waals surface area (Å²) in [6.45, 7) is 6.18. The summed E-state index contributed by atoms with van der Waals surface area (Å²) in [7, 11) is 0. The average molecular weight is 419 g/mol. The Kier molecular flexibility index (Phi) is 5.61. The molecule has 8 heteroatoms. The van der Waals surface area contributed by atoms with Gasteiger partial charge in [-0.05, 0) is 43.5 Å². The van der Waals surface area contributed by atoms with Crippen molar-refractivity contribution in [2.75, 3.05) is 0 Å². The van der Waals surface area contributed by atoms with Crippen molar-refractivity contribution in [3.05, 3.63) is 58.5 Å². The van der Waals surface area contributed by atoms with Gasteiger partial charge in [0, 0.05) is 18.1 Å². The summed E-state index contributed by atoms with van der Waals surface area (Å²) in [5.74, 6) is -5.92. The molecule has 0 saturated carbocycles. The van der Waals surface area contributed by atoms with E-state index in [1.807, 2.05) is 6.92 Å². The summed E-state index contributed by atoms with van der Waals surface area (Å²) in [6, 6.07) is 4.10. The lowest BCUT2D eigenvalue weighted by atomic mass is 9.96. The molecular formula is C22H20F3NO4. The first-order chi connectivity index (χ1) is 14.1. The summed E-state index contributed by atoms with van der Waals surface area (Å²) in [5, 5.41) is 10.1. The summed E-state index contributed by atoms with van der Waals surface area (Å²) >= 11 is 0. The highest BCUT2D eigenvalue weighted by atomic mass is 19.2. The van der Waals surface area contributed by atoms with Gasteiger partial charge in [-0.2, -0.15) is 0 Å². The topological polar surface area (TPSA) is 68.5 Å². The summed E-state index contributed by atoms with van der Waals surface area (Å²) in [5.41, 5.74) is 0.217. The molecule has 5 nitrogen and oxygen atoms in total. The first-order valence-electron chi connectivity index (χ1n) is 9.32. The van der Waals surface area contributed by atoms with Crippen molar-refractivity contribution < 1.29 is 32.6 Å². The zero-order chi connectivity index (χ0) is 22.3. The first kappa shape index (κ1) is 21.4. The Morgan fingerprint density at radius 2 is 1.83 bits per heavy atom. The monoisotopic (exact) mass is 419 g/mol. The number of rotatable bonds is 4. The number of phenolic OH excluding ortho intramolecular Hbond substituents is 1. The van der Waals surface area contributed by atoms with Crippen molar-refractivity contribution in [1.29, 1.82) is 0 Å². The second kappa shape index (κ2) is 7.85. The molecule has 0 aliphatic carbocycles. The van der Waals surface area contributed by atoms with Crippen LogP contribution in [0.1, 0.15) is 54.7 Å². The lowest BCUT2D eigenvalue weighted by Crippen LogP contribution is -2.14. The van der Waals surface area contributed by atoms with Crippen molar-refractivity contribution in [3.8, 4) is 11.5 Å². The fourth-order valence-corrected chi connectivity index (χ4v) is 3.39. The molecule has 1 atom stereocenters. The quantitative estimate of drug-likeness (QED) is 0.590. The Balaban J connectivity index is 2.38. The Hall–Kier alpha value is -3.29. The second-order valence-corrected chi connectivity index (χ2v) is 7.11. The number of carbonyl (C=O) groups excluding carboxylic acids is 2. The lowest BCUT2D eigenvalue weighted by Gasteiger charge is -2.14. The molecule has 3 rings (SSSR count). The minimum Gasteiger partial charge on any atom is -0.505 e. The molecule has 1 N–H and O–H groups in total. The van der Waals surface area contributed by atoms with Crippen LogP contribution >= 0.6 is 0 Å². The van der Waals surface area contributed by atoms with Crippen molar-refractivity contribution in [2.45, 2.75) is 40.0 Å². The number of phenols is 1. The van der Waals surface area contributed by atoms with Gasteiger partial charge >= 0.3 is 5.97 Å². The number of nitrogens with zero attached hydrogens (tertiary/aromatic N) is 1. The molecule has 0 amide bonds. The van der Waals surface area contributed by atoms with E-state index in [1.165, 1.54) is 13.0 Å². The Labute approximate surface area is 170 Å². The number of aromatic nitrogens is 1. The van der Waals surface area contributed by atoms with Crippen molar-refractivity contribution in [1.82, 2.24) is 4.57 Å². The van der Waals surface area contributed by atoms with E-state index in [2.05, 4.69) is 0 Å². The van der Waals surface area contributed by atoms with Crippen LogP contribution in [-0.2, 0) is 4.79 Å². The fraction of sp³-hybridized carbons (Fsp3) is 0.273. The molecule has 3 aromatic rings. The van der Waals surface area contributed by atoms with E-state index in [9.17, 15) is 23.5 Å². The van der Waals surface area contributed by atoms with Gasteiger partial charge in [0.1, 0.15) is 0 Å². The molecular weight excluding hydrogens is 399 g/mol. The fourth-order valence-electron chi connectivity index (χ4n) is 3.39. The summed E-state index contributed by atoms with van der Waals surface area (Å²) in [4.78, 5) is 24.7. The van der Waals surface area contributed by atoms with Gasteiger partial charge in [-0.1, -0.05) is 13.8 Å². The predicted octanol–water partition coefficient (Wildman–Crippen LogP) is 5.20. The van der Waals surface area contributed by atoms with Crippen LogP contribution in [0.3, 0.4) is 0 Å². The van der Waals surface area contributed by atoms with E-state index < -0.39 is 35.1 Å². The number of carbonyl (C=O) groups is 2. The molecule has 0 bridgehead atoms. The molecule has 1 aromatic heterocycles.